The molecule has 142 valence electrons. The summed E-state index contributed by atoms with van der Waals surface area (Å²) in [5.41, 5.74) is 1.99. The number of benzene rings is 2. The van der Waals surface area contributed by atoms with Gasteiger partial charge in [-0.25, -0.2) is 8.42 Å². The van der Waals surface area contributed by atoms with Gasteiger partial charge in [0.25, 0.3) is 0 Å². The monoisotopic (exact) mass is 422 g/mol. The van der Waals surface area contributed by atoms with E-state index < -0.39 is 9.84 Å². The molecule has 8 heteroatoms. The van der Waals surface area contributed by atoms with Crippen molar-refractivity contribution in [3.8, 4) is 5.75 Å². The van der Waals surface area contributed by atoms with Crippen LogP contribution in [-0.2, 0) is 15.6 Å². The van der Waals surface area contributed by atoms with Crippen LogP contribution in [0.4, 0.5) is 5.69 Å². The molecule has 0 spiro atoms. The van der Waals surface area contributed by atoms with Crippen LogP contribution < -0.4 is 9.64 Å². The van der Waals surface area contributed by atoms with Crippen LogP contribution >= 0.6 is 23.4 Å². The predicted molar refractivity (Wildman–Crippen MR) is 112 cm³/mol. The summed E-state index contributed by atoms with van der Waals surface area (Å²) in [6.45, 7) is 0. The zero-order valence-electron chi connectivity index (χ0n) is 14.7. The molecule has 1 fully saturated rings. The van der Waals surface area contributed by atoms with Crippen LogP contribution in [0.15, 0.2) is 53.5 Å². The van der Waals surface area contributed by atoms with E-state index in [1.54, 1.807) is 18.9 Å². The molecule has 1 saturated heterocycles. The fraction of sp³-hybridized carbons (Fsp3) is 0.316. The van der Waals surface area contributed by atoms with E-state index in [-0.39, 0.29) is 23.6 Å². The Balaban J connectivity index is 1.64. The molecule has 0 saturated carbocycles. The lowest BCUT2D eigenvalue weighted by atomic mass is 10.1. The summed E-state index contributed by atoms with van der Waals surface area (Å²) in [6.07, 6.45) is 0. The number of aliphatic imine (C=N–C) groups is 1. The summed E-state index contributed by atoms with van der Waals surface area (Å²) in [4.78, 5) is 6.79. The third kappa shape index (κ3) is 3.81. The lowest BCUT2D eigenvalue weighted by Crippen LogP contribution is -2.39. The minimum atomic E-state index is -3.07. The summed E-state index contributed by atoms with van der Waals surface area (Å²) in [7, 11) is -1.45. The number of hydrogen-bond acceptors (Lipinski definition) is 6. The number of hydrogen-bond donors (Lipinski definition) is 0. The molecule has 0 unspecified atom stereocenters. The van der Waals surface area contributed by atoms with E-state index in [1.165, 1.54) is 0 Å². The molecule has 0 aromatic heterocycles. The van der Waals surface area contributed by atoms with Gasteiger partial charge in [0, 0.05) is 10.8 Å². The predicted octanol–water partition coefficient (Wildman–Crippen LogP) is 3.62. The fourth-order valence-electron chi connectivity index (χ4n) is 3.47. The Bertz CT molecular complexity index is 977. The maximum Gasteiger partial charge on any atom is 0.164 e. The Labute approximate surface area is 168 Å². The van der Waals surface area contributed by atoms with Crippen LogP contribution in [-0.4, -0.2) is 44.3 Å². The number of amidine groups is 1. The normalized spacial score (nSPS) is 23.2. The first-order chi connectivity index (χ1) is 13.0. The van der Waals surface area contributed by atoms with Crippen LogP contribution in [0.5, 0.6) is 5.75 Å². The lowest BCUT2D eigenvalue weighted by Gasteiger charge is -2.27. The molecular weight excluding hydrogens is 404 g/mol. The topological polar surface area (TPSA) is 59.0 Å². The fourth-order valence-corrected chi connectivity index (χ4v) is 6.51. The molecule has 0 aliphatic carbocycles. The second-order valence-corrected chi connectivity index (χ2v) is 10.1. The van der Waals surface area contributed by atoms with Gasteiger partial charge in [-0.1, -0.05) is 47.6 Å². The first-order valence-electron chi connectivity index (χ1n) is 8.54. The van der Waals surface area contributed by atoms with E-state index in [0.717, 1.165) is 22.2 Å². The average molecular weight is 423 g/mol. The van der Waals surface area contributed by atoms with Crippen molar-refractivity contribution >= 4 is 44.1 Å². The van der Waals surface area contributed by atoms with Gasteiger partial charge in [-0.05, 0) is 29.8 Å². The molecule has 2 aliphatic rings. The van der Waals surface area contributed by atoms with E-state index in [4.69, 9.17) is 21.3 Å². The summed E-state index contributed by atoms with van der Waals surface area (Å²) >= 11 is 7.56. The number of sulfone groups is 1. The van der Waals surface area contributed by atoms with Crippen molar-refractivity contribution in [2.45, 2.75) is 17.8 Å². The molecule has 2 heterocycles. The summed E-state index contributed by atoms with van der Waals surface area (Å²) < 4.78 is 29.8. The maximum absolute atomic E-state index is 12.1. The molecule has 0 N–H and O–H groups in total. The molecule has 0 bridgehead atoms. The van der Waals surface area contributed by atoms with Crippen molar-refractivity contribution in [3.63, 3.8) is 0 Å². The van der Waals surface area contributed by atoms with Crippen molar-refractivity contribution in [2.24, 2.45) is 4.99 Å². The molecule has 2 aromatic carbocycles. The first kappa shape index (κ1) is 18.7. The van der Waals surface area contributed by atoms with E-state index >= 15 is 0 Å². The van der Waals surface area contributed by atoms with E-state index in [9.17, 15) is 8.42 Å². The molecule has 0 amide bonds. The number of nitrogens with zero attached hydrogens (tertiary/aromatic N) is 2. The third-order valence-corrected chi connectivity index (χ3v) is 7.72. The Hall–Kier alpha value is -1.70. The molecule has 5 nitrogen and oxygen atoms in total. The van der Waals surface area contributed by atoms with Crippen LogP contribution in [0.1, 0.15) is 5.56 Å². The number of anilines is 1. The van der Waals surface area contributed by atoms with Crippen molar-refractivity contribution < 1.29 is 13.2 Å². The van der Waals surface area contributed by atoms with Crippen molar-refractivity contribution in [1.29, 1.82) is 0 Å². The van der Waals surface area contributed by atoms with E-state index in [1.807, 2.05) is 53.4 Å². The quantitative estimate of drug-likeness (QED) is 0.753. The number of thioether (sulfide) groups is 1. The molecule has 27 heavy (non-hydrogen) atoms. The number of halogens is 1. The number of rotatable bonds is 4. The Morgan fingerprint density at radius 2 is 1.93 bits per heavy atom. The Morgan fingerprint density at radius 1 is 1.19 bits per heavy atom. The van der Waals surface area contributed by atoms with Gasteiger partial charge in [-0.15, -0.1) is 0 Å². The largest absolute Gasteiger partial charge is 0.495 e. The van der Waals surface area contributed by atoms with E-state index in [0.29, 0.717) is 10.8 Å². The highest BCUT2D eigenvalue weighted by molar-refractivity contribution is 8.13. The molecule has 2 aliphatic heterocycles. The zero-order valence-corrected chi connectivity index (χ0v) is 17.1. The van der Waals surface area contributed by atoms with Gasteiger partial charge in [0.05, 0.1) is 36.4 Å². The number of methoxy groups -OCH3 is 1. The first-order valence-corrected chi connectivity index (χ1v) is 11.7. The standard InChI is InChI=1S/C19H19ClN2O3S2/c1-25-18-5-3-2-4-16(18)22-17-12-27(23,24)11-15(17)21-19(22)26-10-13-6-8-14(20)9-7-13/h2-9,15,17H,10-12H2,1H3/t15-,17+/m1/s1. The second-order valence-electron chi connectivity index (χ2n) is 6.58. The van der Waals surface area contributed by atoms with Gasteiger partial charge < -0.3 is 9.64 Å². The molecule has 2 atom stereocenters. The molecule has 4 rings (SSSR count). The minimum Gasteiger partial charge on any atom is -0.495 e. The molecule has 0 radical (unpaired) electrons. The van der Waals surface area contributed by atoms with E-state index in [2.05, 4.69) is 0 Å². The highest BCUT2D eigenvalue weighted by atomic mass is 35.5. The van der Waals surface area contributed by atoms with Gasteiger partial charge in [0.2, 0.25) is 0 Å². The molecule has 2 aromatic rings. The highest BCUT2D eigenvalue weighted by Gasteiger charge is 2.47. The Morgan fingerprint density at radius 3 is 2.67 bits per heavy atom. The van der Waals surface area contributed by atoms with Crippen LogP contribution in [0.3, 0.4) is 0 Å². The van der Waals surface area contributed by atoms with Gasteiger partial charge >= 0.3 is 0 Å². The van der Waals surface area contributed by atoms with Crippen molar-refractivity contribution in [1.82, 2.24) is 0 Å². The highest BCUT2D eigenvalue weighted by Crippen LogP contribution is 2.39. The van der Waals surface area contributed by atoms with Crippen LogP contribution in [0, 0.1) is 0 Å². The minimum absolute atomic E-state index is 0.105. The third-order valence-electron chi connectivity index (χ3n) is 4.73. The SMILES string of the molecule is COc1ccccc1N1C(SCc2ccc(Cl)cc2)=N[C@@H]2CS(=O)(=O)C[C@@H]21. The number of para-hydroxylation sites is 2. The van der Waals surface area contributed by atoms with Gasteiger partial charge in [0.1, 0.15) is 5.75 Å². The second kappa shape index (κ2) is 7.37. The smallest absolute Gasteiger partial charge is 0.164 e. The Kier molecular flexibility index (Phi) is 5.09. The van der Waals surface area contributed by atoms with Gasteiger partial charge in [-0.3, -0.25) is 4.99 Å². The summed E-state index contributed by atoms with van der Waals surface area (Å²) in [5, 5.41) is 1.54. The number of ether oxygens (including phenoxy) is 1. The van der Waals surface area contributed by atoms with Crippen molar-refractivity contribution in [3.05, 3.63) is 59.1 Å². The number of fused-ring (bicyclic) bond motifs is 1. The summed E-state index contributed by atoms with van der Waals surface area (Å²) in [5.74, 6) is 1.66. The van der Waals surface area contributed by atoms with Crippen LogP contribution in [0.25, 0.3) is 0 Å². The average Bonchev–Trinajstić information content (AvgIpc) is 3.12. The van der Waals surface area contributed by atoms with Gasteiger partial charge in [0.15, 0.2) is 15.0 Å². The van der Waals surface area contributed by atoms with Gasteiger partial charge in [-0.2, -0.15) is 0 Å². The molecular formula is C19H19ClN2O3S2. The lowest BCUT2D eigenvalue weighted by molar-refractivity contribution is 0.415. The van der Waals surface area contributed by atoms with Crippen LogP contribution in [0.2, 0.25) is 5.02 Å². The summed E-state index contributed by atoms with van der Waals surface area (Å²) in [6, 6.07) is 15.0. The van der Waals surface area contributed by atoms with Crippen molar-refractivity contribution in [2.75, 3.05) is 23.5 Å². The zero-order chi connectivity index (χ0) is 19.0. The maximum atomic E-state index is 12.1.